The fourth-order valence-corrected chi connectivity index (χ4v) is 4.04. The van der Waals surface area contributed by atoms with Gasteiger partial charge in [0.05, 0.1) is 18.7 Å². The van der Waals surface area contributed by atoms with Crippen LogP contribution in [-0.4, -0.2) is 16.8 Å². The molecule has 1 N–H and O–H groups in total. The summed E-state index contributed by atoms with van der Waals surface area (Å²) in [7, 11) is 0. The summed E-state index contributed by atoms with van der Waals surface area (Å²) < 4.78 is 13.6. The van der Waals surface area contributed by atoms with Gasteiger partial charge in [-0.1, -0.05) is 68.4 Å². The van der Waals surface area contributed by atoms with Crippen molar-refractivity contribution in [3.05, 3.63) is 101 Å². The summed E-state index contributed by atoms with van der Waals surface area (Å²) in [6, 6.07) is 20.1. The summed E-state index contributed by atoms with van der Waals surface area (Å²) in [5, 5.41) is 11.4. The quantitative estimate of drug-likeness (QED) is 0.577. The minimum atomic E-state index is -1.96. The highest BCUT2D eigenvalue weighted by Gasteiger charge is 2.50. The number of Topliss-reactive ketones (excluding diaryl/α,β-unsaturated/α-hetero) is 1. The number of ketones is 1. The minimum absolute atomic E-state index is 0.104. The largest absolute Gasteiger partial charge is 0.375 e. The smallest absolute Gasteiger partial charge is 0.264 e. The Morgan fingerprint density at radius 2 is 1.74 bits per heavy atom. The van der Waals surface area contributed by atoms with Gasteiger partial charge in [0.25, 0.3) is 5.91 Å². The van der Waals surface area contributed by atoms with Gasteiger partial charge < -0.3 is 10.0 Å². The summed E-state index contributed by atoms with van der Waals surface area (Å²) in [5.41, 5.74) is 1.12. The van der Waals surface area contributed by atoms with Crippen molar-refractivity contribution in [3.8, 4) is 0 Å². The molecule has 0 aromatic heterocycles. The molecule has 0 unspecified atom stereocenters. The molecule has 1 aliphatic heterocycles. The maximum Gasteiger partial charge on any atom is 0.264 e. The van der Waals surface area contributed by atoms with Gasteiger partial charge in [-0.15, -0.1) is 0 Å². The number of benzene rings is 3. The van der Waals surface area contributed by atoms with Crippen LogP contribution >= 0.6 is 0 Å². The molecule has 4 nitrogen and oxygen atoms in total. The van der Waals surface area contributed by atoms with Crippen LogP contribution in [-0.2, 0) is 16.9 Å². The zero-order valence-electron chi connectivity index (χ0n) is 17.5. The number of fused-ring (bicyclic) bond motifs is 1. The van der Waals surface area contributed by atoms with E-state index in [0.29, 0.717) is 28.3 Å². The predicted octanol–water partition coefficient (Wildman–Crippen LogP) is 4.96. The van der Waals surface area contributed by atoms with Crippen LogP contribution in [0.1, 0.15) is 53.2 Å². The molecule has 5 heteroatoms. The fraction of sp³-hybridized carbons (Fsp3) is 0.231. The molecule has 0 aliphatic carbocycles. The van der Waals surface area contributed by atoms with Crippen LogP contribution in [0.4, 0.5) is 10.1 Å². The molecular formula is C26H24FNO3. The van der Waals surface area contributed by atoms with E-state index in [2.05, 4.69) is 13.8 Å². The van der Waals surface area contributed by atoms with Crippen molar-refractivity contribution in [1.82, 2.24) is 0 Å². The Hall–Kier alpha value is -3.31. The molecule has 3 aromatic carbocycles. The Balaban J connectivity index is 1.64. The minimum Gasteiger partial charge on any atom is -0.375 e. The van der Waals surface area contributed by atoms with Crippen LogP contribution in [0, 0.1) is 5.82 Å². The van der Waals surface area contributed by atoms with Gasteiger partial charge in [-0.2, -0.15) is 0 Å². The molecule has 0 bridgehead atoms. The van der Waals surface area contributed by atoms with E-state index in [1.807, 2.05) is 12.1 Å². The number of aliphatic hydroxyl groups is 1. The Labute approximate surface area is 181 Å². The molecular weight excluding hydrogens is 393 g/mol. The molecule has 0 saturated carbocycles. The Morgan fingerprint density at radius 1 is 1.03 bits per heavy atom. The Morgan fingerprint density at radius 3 is 2.42 bits per heavy atom. The molecule has 0 saturated heterocycles. The normalized spacial score (nSPS) is 17.8. The van der Waals surface area contributed by atoms with Crippen molar-refractivity contribution in [1.29, 1.82) is 0 Å². The van der Waals surface area contributed by atoms with Crippen LogP contribution in [0.15, 0.2) is 72.8 Å². The molecule has 158 valence electrons. The average molecular weight is 417 g/mol. The van der Waals surface area contributed by atoms with E-state index in [9.17, 15) is 19.1 Å². The summed E-state index contributed by atoms with van der Waals surface area (Å²) in [6.45, 7) is 4.24. The first-order valence-electron chi connectivity index (χ1n) is 10.3. The predicted molar refractivity (Wildman–Crippen MR) is 117 cm³/mol. The van der Waals surface area contributed by atoms with E-state index in [1.165, 1.54) is 17.0 Å². The second-order valence-corrected chi connectivity index (χ2v) is 8.28. The first-order chi connectivity index (χ1) is 14.8. The highest BCUT2D eigenvalue weighted by Crippen LogP contribution is 2.43. The van der Waals surface area contributed by atoms with Gasteiger partial charge in [-0.05, 0) is 35.2 Å². The number of carbonyl (C=O) groups excluding carboxylic acids is 2. The molecule has 4 rings (SSSR count). The number of rotatable bonds is 6. The van der Waals surface area contributed by atoms with Crippen molar-refractivity contribution in [2.24, 2.45) is 0 Å². The lowest BCUT2D eigenvalue weighted by molar-refractivity contribution is -0.136. The third-order valence-corrected chi connectivity index (χ3v) is 5.78. The zero-order chi connectivity index (χ0) is 22.2. The number of hydrogen-bond acceptors (Lipinski definition) is 3. The second kappa shape index (κ2) is 8.08. The number of carbonyl (C=O) groups is 2. The van der Waals surface area contributed by atoms with Gasteiger partial charge in [-0.3, -0.25) is 9.59 Å². The van der Waals surface area contributed by atoms with E-state index in [4.69, 9.17) is 0 Å². The van der Waals surface area contributed by atoms with Gasteiger partial charge >= 0.3 is 0 Å². The highest BCUT2D eigenvalue weighted by molar-refractivity contribution is 6.10. The van der Waals surface area contributed by atoms with Crippen LogP contribution < -0.4 is 4.90 Å². The number of nitrogens with zero attached hydrogens (tertiary/aromatic N) is 1. The molecule has 1 heterocycles. The number of hydrogen-bond donors (Lipinski definition) is 1. The molecule has 0 fully saturated rings. The van der Waals surface area contributed by atoms with E-state index in [1.54, 1.807) is 48.5 Å². The third kappa shape index (κ3) is 3.89. The lowest BCUT2D eigenvalue weighted by Gasteiger charge is -2.23. The number of amides is 1. The fourth-order valence-electron chi connectivity index (χ4n) is 4.04. The topological polar surface area (TPSA) is 57.6 Å². The Bertz CT molecular complexity index is 1140. The van der Waals surface area contributed by atoms with Gasteiger partial charge in [-0.25, -0.2) is 4.39 Å². The molecule has 1 atom stereocenters. The molecule has 1 amide bonds. The van der Waals surface area contributed by atoms with E-state index < -0.39 is 17.3 Å². The first kappa shape index (κ1) is 20.9. The maximum atomic E-state index is 13.6. The van der Waals surface area contributed by atoms with Gasteiger partial charge in [0, 0.05) is 11.1 Å². The molecule has 0 radical (unpaired) electrons. The van der Waals surface area contributed by atoms with Gasteiger partial charge in [0.1, 0.15) is 5.82 Å². The molecule has 3 aromatic rings. The standard InChI is InChI=1S/C26H24FNO3/c1-17(2)19-10-12-20(13-11-19)24(29)15-26(31)22-8-3-4-9-23(22)28(25(26)30)16-18-6-5-7-21(27)14-18/h3-14,17,31H,15-16H2,1-2H3/t26-/m0/s1. The number of halogens is 1. The van der Waals surface area contributed by atoms with Crippen LogP contribution in [0.2, 0.25) is 0 Å². The van der Waals surface area contributed by atoms with Gasteiger partial charge in [0.15, 0.2) is 11.4 Å². The van der Waals surface area contributed by atoms with E-state index >= 15 is 0 Å². The molecule has 1 aliphatic rings. The summed E-state index contributed by atoms with van der Waals surface area (Å²) in [5.74, 6) is -0.945. The maximum absolute atomic E-state index is 13.6. The van der Waals surface area contributed by atoms with E-state index in [-0.39, 0.29) is 18.7 Å². The average Bonchev–Trinajstić information content (AvgIpc) is 2.96. The van der Waals surface area contributed by atoms with Crippen LogP contribution in [0.3, 0.4) is 0 Å². The van der Waals surface area contributed by atoms with E-state index in [0.717, 1.165) is 5.56 Å². The number of anilines is 1. The molecule has 31 heavy (non-hydrogen) atoms. The monoisotopic (exact) mass is 417 g/mol. The van der Waals surface area contributed by atoms with Crippen LogP contribution in [0.5, 0.6) is 0 Å². The van der Waals surface area contributed by atoms with Crippen molar-refractivity contribution in [2.75, 3.05) is 4.90 Å². The third-order valence-electron chi connectivity index (χ3n) is 5.78. The molecule has 0 spiro atoms. The van der Waals surface area contributed by atoms with Gasteiger partial charge in [0.2, 0.25) is 0 Å². The second-order valence-electron chi connectivity index (χ2n) is 8.28. The Kier molecular flexibility index (Phi) is 5.46. The van der Waals surface area contributed by atoms with Crippen LogP contribution in [0.25, 0.3) is 0 Å². The number of para-hydroxylation sites is 1. The lowest BCUT2D eigenvalue weighted by atomic mass is 9.87. The first-order valence-corrected chi connectivity index (χ1v) is 10.3. The SMILES string of the molecule is CC(C)c1ccc(C(=O)C[C@@]2(O)C(=O)N(Cc3cccc(F)c3)c3ccccc32)cc1. The van der Waals surface area contributed by atoms with Crippen molar-refractivity contribution < 1.29 is 19.1 Å². The van der Waals surface area contributed by atoms with Crippen molar-refractivity contribution >= 4 is 17.4 Å². The zero-order valence-corrected chi connectivity index (χ0v) is 17.5. The van der Waals surface area contributed by atoms with Crippen molar-refractivity contribution in [2.45, 2.75) is 38.3 Å². The summed E-state index contributed by atoms with van der Waals surface area (Å²) in [6.07, 6.45) is -0.358. The lowest BCUT2D eigenvalue weighted by Crippen LogP contribution is -2.41. The summed E-state index contributed by atoms with van der Waals surface area (Å²) in [4.78, 5) is 27.7. The highest BCUT2D eigenvalue weighted by atomic mass is 19.1. The summed E-state index contributed by atoms with van der Waals surface area (Å²) >= 11 is 0. The van der Waals surface area contributed by atoms with Crippen molar-refractivity contribution in [3.63, 3.8) is 0 Å².